The zero-order valence-corrected chi connectivity index (χ0v) is 13.6. The van der Waals surface area contributed by atoms with E-state index < -0.39 is 5.82 Å². The smallest absolute Gasteiger partial charge is 0.189 e. The first-order chi connectivity index (χ1) is 11.0. The van der Waals surface area contributed by atoms with Crippen LogP contribution >= 0.6 is 11.8 Å². The maximum atomic E-state index is 13.6. The van der Waals surface area contributed by atoms with Gasteiger partial charge in [0.2, 0.25) is 0 Å². The van der Waals surface area contributed by atoms with Crippen molar-refractivity contribution in [2.75, 3.05) is 30.5 Å². The number of hydrogen-bond donors (Lipinski definition) is 1. The second kappa shape index (κ2) is 5.94. The number of rotatable bonds is 2. The van der Waals surface area contributed by atoms with Gasteiger partial charge in [-0.25, -0.2) is 14.4 Å². The van der Waals surface area contributed by atoms with Gasteiger partial charge in [-0.15, -0.1) is 6.42 Å². The topological polar surface area (TPSA) is 55.0 Å². The normalized spacial score (nSPS) is 13.3. The summed E-state index contributed by atoms with van der Waals surface area (Å²) >= 11 is 1.50. The first kappa shape index (κ1) is 15.4. The highest BCUT2D eigenvalue weighted by atomic mass is 32.2. The fourth-order valence-electron chi connectivity index (χ4n) is 2.57. The van der Waals surface area contributed by atoms with E-state index in [-0.39, 0.29) is 5.69 Å². The summed E-state index contributed by atoms with van der Waals surface area (Å²) in [5.74, 6) is 2.89. The summed E-state index contributed by atoms with van der Waals surface area (Å²) in [5.41, 5.74) is 8.90. The molecule has 23 heavy (non-hydrogen) atoms. The molecule has 1 aromatic carbocycles. The molecule has 1 aliphatic rings. The zero-order valence-electron chi connectivity index (χ0n) is 12.8. The quantitative estimate of drug-likeness (QED) is 0.398. The second-order valence-electron chi connectivity index (χ2n) is 5.22. The molecule has 6 heteroatoms. The summed E-state index contributed by atoms with van der Waals surface area (Å²) in [5, 5.41) is 0.725. The van der Waals surface area contributed by atoms with E-state index in [0.717, 1.165) is 27.7 Å². The van der Waals surface area contributed by atoms with Crippen LogP contribution in [0.4, 0.5) is 15.9 Å². The molecule has 2 heterocycles. The van der Waals surface area contributed by atoms with Gasteiger partial charge in [0, 0.05) is 30.9 Å². The highest BCUT2D eigenvalue weighted by Crippen LogP contribution is 2.33. The largest absolute Gasteiger partial charge is 0.396 e. The number of hydrogen-bond acceptors (Lipinski definition) is 5. The number of benzene rings is 1. The monoisotopic (exact) mass is 326 g/mol. The molecular weight excluding hydrogens is 311 g/mol. The van der Waals surface area contributed by atoms with E-state index in [4.69, 9.17) is 12.2 Å². The van der Waals surface area contributed by atoms with E-state index in [2.05, 4.69) is 15.9 Å². The van der Waals surface area contributed by atoms with Crippen LogP contribution in [0.15, 0.2) is 23.5 Å². The lowest BCUT2D eigenvalue weighted by atomic mass is 9.95. The molecule has 0 bridgehead atoms. The molecule has 0 fully saturated rings. The van der Waals surface area contributed by atoms with Crippen molar-refractivity contribution in [2.24, 2.45) is 0 Å². The molecule has 0 amide bonds. The summed E-state index contributed by atoms with van der Waals surface area (Å²) in [6.07, 6.45) is 11.2. The molecule has 0 saturated heterocycles. The molecule has 4 nitrogen and oxygen atoms in total. The van der Waals surface area contributed by atoms with Crippen molar-refractivity contribution in [3.8, 4) is 12.3 Å². The molecule has 0 aliphatic carbocycles. The number of thioether (sulfide) groups is 1. The van der Waals surface area contributed by atoms with Crippen LogP contribution in [0.3, 0.4) is 0 Å². The number of nitrogen functional groups attached to an aromatic ring is 1. The van der Waals surface area contributed by atoms with E-state index in [9.17, 15) is 4.39 Å². The first-order valence-corrected chi connectivity index (χ1v) is 8.14. The number of nitrogens with zero attached hydrogens (tertiary/aromatic N) is 3. The molecular formula is C17H15FN4S. The van der Waals surface area contributed by atoms with Gasteiger partial charge in [0.15, 0.2) is 5.16 Å². The van der Waals surface area contributed by atoms with Gasteiger partial charge in [0.05, 0.1) is 5.69 Å². The molecule has 2 N–H and O–H groups in total. The van der Waals surface area contributed by atoms with Crippen molar-refractivity contribution in [1.29, 1.82) is 0 Å². The average Bonchev–Trinajstić information content (AvgIpc) is 2.56. The highest BCUT2D eigenvalue weighted by molar-refractivity contribution is 7.98. The molecule has 0 spiro atoms. The third-order valence-corrected chi connectivity index (χ3v) is 4.26. The molecule has 0 saturated carbocycles. The Bertz CT molecular complexity index is 854. The van der Waals surface area contributed by atoms with Gasteiger partial charge in [-0.3, -0.25) is 0 Å². The average molecular weight is 326 g/mol. The number of nitrogens with two attached hydrogens (primary N) is 1. The standard InChI is InChI=1S/C17H15FN4S/c1-4-10-6-14(18)15(19)7-13(10)12-5-11-8-20-17(23-3)21-16(11)22(2)9-12/h1,5-8H,9,19H2,2-3H3. The number of halogens is 1. The summed E-state index contributed by atoms with van der Waals surface area (Å²) in [7, 11) is 1.95. The molecule has 1 aromatic heterocycles. The predicted octanol–water partition coefficient (Wildman–Crippen LogP) is 2.89. The fourth-order valence-corrected chi connectivity index (χ4v) is 2.91. The fraction of sp³-hybridized carbons (Fsp3) is 0.176. The molecule has 2 aromatic rings. The summed E-state index contributed by atoms with van der Waals surface area (Å²) in [4.78, 5) is 10.8. The Morgan fingerprint density at radius 1 is 1.43 bits per heavy atom. The summed E-state index contributed by atoms with van der Waals surface area (Å²) in [6, 6.07) is 2.89. The van der Waals surface area contributed by atoms with E-state index in [1.807, 2.05) is 24.3 Å². The third kappa shape index (κ3) is 2.76. The minimum Gasteiger partial charge on any atom is -0.396 e. The Hall–Kier alpha value is -2.52. The van der Waals surface area contributed by atoms with Crippen LogP contribution in [-0.2, 0) is 0 Å². The van der Waals surface area contributed by atoms with Crippen LogP contribution in [0.25, 0.3) is 11.6 Å². The van der Waals surface area contributed by atoms with Crippen LogP contribution in [0, 0.1) is 18.2 Å². The molecule has 0 atom stereocenters. The van der Waals surface area contributed by atoms with Gasteiger partial charge in [-0.2, -0.15) is 0 Å². The van der Waals surface area contributed by atoms with Crippen molar-refractivity contribution in [3.63, 3.8) is 0 Å². The van der Waals surface area contributed by atoms with Crippen LogP contribution in [0.1, 0.15) is 16.7 Å². The van der Waals surface area contributed by atoms with E-state index >= 15 is 0 Å². The Morgan fingerprint density at radius 2 is 2.22 bits per heavy atom. The molecule has 1 aliphatic heterocycles. The van der Waals surface area contributed by atoms with Crippen LogP contribution in [-0.4, -0.2) is 29.8 Å². The Labute approximate surface area is 138 Å². The lowest BCUT2D eigenvalue weighted by Crippen LogP contribution is -2.25. The maximum absolute atomic E-state index is 13.6. The van der Waals surface area contributed by atoms with Gasteiger partial charge >= 0.3 is 0 Å². The van der Waals surface area contributed by atoms with Crippen molar-refractivity contribution in [1.82, 2.24) is 9.97 Å². The Kier molecular flexibility index (Phi) is 3.97. The molecule has 0 unspecified atom stereocenters. The van der Waals surface area contributed by atoms with Gasteiger partial charge in [-0.05, 0) is 35.6 Å². The molecule has 0 radical (unpaired) electrons. The van der Waals surface area contributed by atoms with Crippen molar-refractivity contribution < 1.29 is 4.39 Å². The van der Waals surface area contributed by atoms with Crippen molar-refractivity contribution >= 4 is 34.9 Å². The number of likely N-dealkylation sites (N-methyl/N-ethyl adjacent to an activating group) is 1. The number of anilines is 2. The van der Waals surface area contributed by atoms with Crippen molar-refractivity contribution in [3.05, 3.63) is 40.8 Å². The Balaban J connectivity index is 2.13. The van der Waals surface area contributed by atoms with Gasteiger partial charge in [0.1, 0.15) is 11.6 Å². The first-order valence-electron chi connectivity index (χ1n) is 6.92. The van der Waals surface area contributed by atoms with Gasteiger partial charge in [-0.1, -0.05) is 17.7 Å². The predicted molar refractivity (Wildman–Crippen MR) is 93.7 cm³/mol. The zero-order chi connectivity index (χ0) is 16.6. The lowest BCUT2D eigenvalue weighted by Gasteiger charge is -2.27. The maximum Gasteiger partial charge on any atom is 0.189 e. The van der Waals surface area contributed by atoms with E-state index in [0.29, 0.717) is 12.1 Å². The highest BCUT2D eigenvalue weighted by Gasteiger charge is 2.20. The SMILES string of the molecule is C#Cc1cc(F)c(N)cc1C1=Cc2cnc(SC)nc2N(C)C1. The van der Waals surface area contributed by atoms with Crippen molar-refractivity contribution in [2.45, 2.75) is 5.16 Å². The minimum atomic E-state index is -0.500. The van der Waals surface area contributed by atoms with E-state index in [1.54, 1.807) is 12.3 Å². The second-order valence-corrected chi connectivity index (χ2v) is 6.00. The van der Waals surface area contributed by atoms with Crippen LogP contribution in [0.5, 0.6) is 0 Å². The number of aromatic nitrogens is 2. The van der Waals surface area contributed by atoms with Crippen LogP contribution in [0.2, 0.25) is 0 Å². The van der Waals surface area contributed by atoms with Gasteiger partial charge in [0.25, 0.3) is 0 Å². The summed E-state index contributed by atoms with van der Waals surface area (Å²) in [6.45, 7) is 0.609. The van der Waals surface area contributed by atoms with Crippen LogP contribution < -0.4 is 10.6 Å². The minimum absolute atomic E-state index is 0.0855. The van der Waals surface area contributed by atoms with Gasteiger partial charge < -0.3 is 10.6 Å². The molecule has 116 valence electrons. The number of terminal acetylenes is 1. The molecule has 3 rings (SSSR count). The Morgan fingerprint density at radius 3 is 2.91 bits per heavy atom. The van der Waals surface area contributed by atoms with E-state index in [1.165, 1.54) is 17.8 Å². The third-order valence-electron chi connectivity index (χ3n) is 3.69. The lowest BCUT2D eigenvalue weighted by molar-refractivity contribution is 0.632. The number of fused-ring (bicyclic) bond motifs is 1. The summed E-state index contributed by atoms with van der Waals surface area (Å²) < 4.78 is 13.6.